The first kappa shape index (κ1) is 14.3. The van der Waals surface area contributed by atoms with Crippen LogP contribution in [0.4, 0.5) is 0 Å². The Balaban J connectivity index is 1.65. The van der Waals surface area contributed by atoms with Crippen LogP contribution in [0.1, 0.15) is 11.1 Å². The SMILES string of the molecule is N#CC1=C(NCc2ccccc2)Oc2ccc3ccccc3c2C1. The highest BCUT2D eigenvalue weighted by Crippen LogP contribution is 2.34. The first-order valence-corrected chi connectivity index (χ1v) is 7.94. The van der Waals surface area contributed by atoms with Crippen LogP contribution in [0.3, 0.4) is 0 Å². The number of hydrogen-bond donors (Lipinski definition) is 1. The summed E-state index contributed by atoms with van der Waals surface area (Å²) in [6.45, 7) is 0.629. The van der Waals surface area contributed by atoms with Crippen molar-refractivity contribution >= 4 is 10.8 Å². The summed E-state index contributed by atoms with van der Waals surface area (Å²) in [7, 11) is 0. The number of hydrogen-bond acceptors (Lipinski definition) is 3. The average molecular weight is 312 g/mol. The van der Waals surface area contributed by atoms with Gasteiger partial charge in [-0.25, -0.2) is 0 Å². The van der Waals surface area contributed by atoms with Gasteiger partial charge in [-0.05, 0) is 22.4 Å². The molecule has 4 rings (SSSR count). The fourth-order valence-corrected chi connectivity index (χ4v) is 3.03. The van der Waals surface area contributed by atoms with E-state index < -0.39 is 0 Å². The van der Waals surface area contributed by atoms with E-state index in [0.717, 1.165) is 27.6 Å². The molecule has 3 nitrogen and oxygen atoms in total. The van der Waals surface area contributed by atoms with Crippen molar-refractivity contribution in [2.45, 2.75) is 13.0 Å². The number of benzene rings is 3. The normalized spacial score (nSPS) is 13.1. The second-order valence-electron chi connectivity index (χ2n) is 5.80. The first-order valence-electron chi connectivity index (χ1n) is 7.94. The van der Waals surface area contributed by atoms with Crippen molar-refractivity contribution in [3.8, 4) is 11.8 Å². The molecule has 0 fully saturated rings. The van der Waals surface area contributed by atoms with Gasteiger partial charge in [0, 0.05) is 18.5 Å². The van der Waals surface area contributed by atoms with Gasteiger partial charge in [0.05, 0.1) is 5.57 Å². The predicted octanol–water partition coefficient (Wildman–Crippen LogP) is 4.30. The van der Waals surface area contributed by atoms with E-state index in [2.05, 4.69) is 29.6 Å². The number of nitrogens with one attached hydrogen (secondary N) is 1. The van der Waals surface area contributed by atoms with Crippen molar-refractivity contribution in [1.82, 2.24) is 5.32 Å². The molecule has 1 heterocycles. The molecule has 24 heavy (non-hydrogen) atoms. The number of nitriles is 1. The van der Waals surface area contributed by atoms with E-state index in [1.54, 1.807) is 0 Å². The highest BCUT2D eigenvalue weighted by Gasteiger charge is 2.21. The van der Waals surface area contributed by atoms with Gasteiger partial charge in [-0.15, -0.1) is 0 Å². The fraction of sp³-hybridized carbons (Fsp3) is 0.0952. The predicted molar refractivity (Wildman–Crippen MR) is 94.2 cm³/mol. The van der Waals surface area contributed by atoms with E-state index in [1.165, 1.54) is 0 Å². The summed E-state index contributed by atoms with van der Waals surface area (Å²) in [5, 5.41) is 15.1. The highest BCUT2D eigenvalue weighted by atomic mass is 16.5. The lowest BCUT2D eigenvalue weighted by Crippen LogP contribution is -2.23. The zero-order chi connectivity index (χ0) is 16.4. The van der Waals surface area contributed by atoms with Crippen LogP contribution in [-0.4, -0.2) is 0 Å². The third kappa shape index (κ3) is 2.59. The minimum atomic E-state index is 0.559. The number of rotatable bonds is 3. The van der Waals surface area contributed by atoms with Gasteiger partial charge in [-0.1, -0.05) is 60.7 Å². The second kappa shape index (κ2) is 6.10. The van der Waals surface area contributed by atoms with Gasteiger partial charge >= 0.3 is 0 Å². The van der Waals surface area contributed by atoms with Crippen LogP contribution in [0.2, 0.25) is 0 Å². The summed E-state index contributed by atoms with van der Waals surface area (Å²) in [6, 6.07) is 24.6. The van der Waals surface area contributed by atoms with E-state index in [1.807, 2.05) is 48.5 Å². The summed E-state index contributed by atoms with van der Waals surface area (Å²) in [5.74, 6) is 1.38. The lowest BCUT2D eigenvalue weighted by atomic mass is 9.96. The summed E-state index contributed by atoms with van der Waals surface area (Å²) >= 11 is 0. The Morgan fingerprint density at radius 2 is 1.75 bits per heavy atom. The van der Waals surface area contributed by atoms with Crippen molar-refractivity contribution in [3.63, 3.8) is 0 Å². The Bertz CT molecular complexity index is 968. The van der Waals surface area contributed by atoms with Gasteiger partial charge in [0.2, 0.25) is 5.88 Å². The van der Waals surface area contributed by atoms with Crippen molar-refractivity contribution in [2.75, 3.05) is 0 Å². The molecule has 0 bridgehead atoms. The molecule has 3 aromatic rings. The van der Waals surface area contributed by atoms with Crippen molar-refractivity contribution in [3.05, 3.63) is 89.3 Å². The summed E-state index contributed by atoms with van der Waals surface area (Å²) < 4.78 is 6.01. The second-order valence-corrected chi connectivity index (χ2v) is 5.80. The molecule has 116 valence electrons. The van der Waals surface area contributed by atoms with E-state index in [4.69, 9.17) is 4.74 Å². The Kier molecular flexibility index (Phi) is 3.64. The van der Waals surface area contributed by atoms with Gasteiger partial charge in [0.1, 0.15) is 11.8 Å². The molecule has 0 amide bonds. The van der Waals surface area contributed by atoms with E-state index in [0.29, 0.717) is 24.4 Å². The fourth-order valence-electron chi connectivity index (χ4n) is 3.03. The van der Waals surface area contributed by atoms with E-state index >= 15 is 0 Å². The standard InChI is InChI=1S/C21H16N2O/c22-13-17-12-19-18-9-5-4-8-16(18)10-11-20(19)24-21(17)23-14-15-6-2-1-3-7-15/h1-11,23H,12,14H2. The summed E-state index contributed by atoms with van der Waals surface area (Å²) in [6.07, 6.45) is 0.588. The zero-order valence-electron chi connectivity index (χ0n) is 13.1. The largest absolute Gasteiger partial charge is 0.440 e. The smallest absolute Gasteiger partial charge is 0.207 e. The van der Waals surface area contributed by atoms with E-state index in [-0.39, 0.29) is 0 Å². The Hall–Kier alpha value is -3.25. The quantitative estimate of drug-likeness (QED) is 0.784. The highest BCUT2D eigenvalue weighted by molar-refractivity contribution is 5.88. The molecule has 0 spiro atoms. The molecule has 0 aromatic heterocycles. The minimum absolute atomic E-state index is 0.559. The van der Waals surface area contributed by atoms with Crippen LogP contribution in [0, 0.1) is 11.3 Å². The molecule has 0 aliphatic carbocycles. The monoisotopic (exact) mass is 312 g/mol. The Labute approximate surface area is 140 Å². The summed E-state index contributed by atoms with van der Waals surface area (Å²) in [5.41, 5.74) is 2.86. The van der Waals surface area contributed by atoms with Gasteiger partial charge < -0.3 is 10.1 Å². The lowest BCUT2D eigenvalue weighted by molar-refractivity contribution is 0.361. The van der Waals surface area contributed by atoms with Crippen LogP contribution in [0.5, 0.6) is 5.75 Å². The van der Waals surface area contributed by atoms with Gasteiger partial charge in [-0.2, -0.15) is 5.26 Å². The third-order valence-corrected chi connectivity index (χ3v) is 4.27. The Morgan fingerprint density at radius 3 is 2.58 bits per heavy atom. The van der Waals surface area contributed by atoms with Gasteiger partial charge in [-0.3, -0.25) is 0 Å². The molecule has 0 unspecified atom stereocenters. The van der Waals surface area contributed by atoms with Gasteiger partial charge in [0.15, 0.2) is 0 Å². The molecule has 3 aromatic carbocycles. The van der Waals surface area contributed by atoms with Crippen LogP contribution < -0.4 is 10.1 Å². The van der Waals surface area contributed by atoms with Crippen LogP contribution in [0.15, 0.2) is 78.2 Å². The van der Waals surface area contributed by atoms with Crippen molar-refractivity contribution in [1.29, 1.82) is 5.26 Å². The molecule has 0 atom stereocenters. The molecule has 3 heteroatoms. The molecule has 0 saturated carbocycles. The molecular weight excluding hydrogens is 296 g/mol. The minimum Gasteiger partial charge on any atom is -0.440 e. The topological polar surface area (TPSA) is 45.0 Å². The maximum absolute atomic E-state index is 9.53. The van der Waals surface area contributed by atoms with Crippen molar-refractivity contribution in [2.24, 2.45) is 0 Å². The van der Waals surface area contributed by atoms with Gasteiger partial charge in [0.25, 0.3) is 0 Å². The molecule has 0 radical (unpaired) electrons. The number of ether oxygens (including phenoxy) is 1. The lowest BCUT2D eigenvalue weighted by Gasteiger charge is -2.22. The number of allylic oxidation sites excluding steroid dienone is 1. The average Bonchev–Trinajstić information content (AvgIpc) is 2.66. The molecule has 1 N–H and O–H groups in total. The van der Waals surface area contributed by atoms with E-state index in [9.17, 15) is 5.26 Å². The maximum Gasteiger partial charge on any atom is 0.207 e. The molecule has 1 aliphatic heterocycles. The zero-order valence-corrected chi connectivity index (χ0v) is 13.1. The molecule has 1 aliphatic rings. The number of nitrogens with zero attached hydrogens (tertiary/aromatic N) is 1. The summed E-state index contributed by atoms with van der Waals surface area (Å²) in [4.78, 5) is 0. The number of fused-ring (bicyclic) bond motifs is 3. The maximum atomic E-state index is 9.53. The molecule has 0 saturated heterocycles. The van der Waals surface area contributed by atoms with Crippen LogP contribution in [0.25, 0.3) is 10.8 Å². The van der Waals surface area contributed by atoms with Crippen molar-refractivity contribution < 1.29 is 4.74 Å². The first-order chi connectivity index (χ1) is 11.8. The van der Waals surface area contributed by atoms with Crippen LogP contribution >= 0.6 is 0 Å². The van der Waals surface area contributed by atoms with Crippen LogP contribution in [-0.2, 0) is 13.0 Å². The molecular formula is C21H16N2O. The Morgan fingerprint density at radius 1 is 0.958 bits per heavy atom. The third-order valence-electron chi connectivity index (χ3n) is 4.27.